The third-order valence-corrected chi connectivity index (χ3v) is 2.71. The highest BCUT2D eigenvalue weighted by atomic mass is 15.0. The molecule has 0 fully saturated rings. The molecule has 0 unspecified atom stereocenters. The van der Waals surface area contributed by atoms with Crippen molar-refractivity contribution in [2.75, 3.05) is 5.32 Å². The fraction of sp³-hybridized carbons (Fsp3) is 0.571. The average Bonchev–Trinajstić information content (AvgIpc) is 2.28. The number of hydrogen-bond donors (Lipinski definition) is 1. The van der Waals surface area contributed by atoms with Gasteiger partial charge in [0.2, 0.25) is 0 Å². The van der Waals surface area contributed by atoms with E-state index in [0.717, 1.165) is 23.8 Å². The molecule has 0 bridgehead atoms. The molecule has 0 atom stereocenters. The highest BCUT2D eigenvalue weighted by Crippen LogP contribution is 2.26. The van der Waals surface area contributed by atoms with Crippen molar-refractivity contribution in [2.45, 2.75) is 52.9 Å². The maximum Gasteiger partial charge on any atom is 0.137 e. The molecule has 1 aromatic heterocycles. The van der Waals surface area contributed by atoms with Gasteiger partial charge in [0.1, 0.15) is 11.6 Å². The molecule has 0 saturated heterocycles. The van der Waals surface area contributed by atoms with Crippen LogP contribution in [0.2, 0.25) is 0 Å². The molecule has 17 heavy (non-hydrogen) atoms. The zero-order chi connectivity index (χ0) is 13.0. The van der Waals surface area contributed by atoms with E-state index < -0.39 is 0 Å². The van der Waals surface area contributed by atoms with Gasteiger partial charge in [0.25, 0.3) is 0 Å². The van der Waals surface area contributed by atoms with Crippen LogP contribution in [0.5, 0.6) is 0 Å². The standard InChI is InChI=1S/C14H23N3/c1-7-11-12(9(3)4)16-13(10(5)6)17-14(11)15-8-2/h8-10H,2,7H2,1,3-6H3,(H,15,16,17). The van der Waals surface area contributed by atoms with Crippen molar-refractivity contribution < 1.29 is 0 Å². The number of aromatic nitrogens is 2. The summed E-state index contributed by atoms with van der Waals surface area (Å²) < 4.78 is 0. The van der Waals surface area contributed by atoms with Gasteiger partial charge in [-0.1, -0.05) is 41.2 Å². The number of anilines is 1. The van der Waals surface area contributed by atoms with E-state index in [-0.39, 0.29) is 0 Å². The Bertz CT molecular complexity index is 395. The molecule has 94 valence electrons. The van der Waals surface area contributed by atoms with Gasteiger partial charge in [0.15, 0.2) is 0 Å². The van der Waals surface area contributed by atoms with Crippen molar-refractivity contribution in [3.63, 3.8) is 0 Å². The summed E-state index contributed by atoms with van der Waals surface area (Å²) in [5.41, 5.74) is 2.35. The molecule has 0 saturated carbocycles. The van der Waals surface area contributed by atoms with E-state index in [4.69, 9.17) is 4.98 Å². The van der Waals surface area contributed by atoms with E-state index in [1.54, 1.807) is 6.20 Å². The van der Waals surface area contributed by atoms with Gasteiger partial charge in [-0.25, -0.2) is 9.97 Å². The highest BCUT2D eigenvalue weighted by molar-refractivity contribution is 5.49. The second-order valence-corrected chi connectivity index (χ2v) is 4.81. The minimum Gasteiger partial charge on any atom is -0.347 e. The van der Waals surface area contributed by atoms with Crippen LogP contribution in [-0.2, 0) is 6.42 Å². The Kier molecular flexibility index (Phi) is 4.67. The fourth-order valence-electron chi connectivity index (χ4n) is 1.82. The van der Waals surface area contributed by atoms with E-state index in [2.05, 4.69) is 51.5 Å². The molecule has 1 heterocycles. The zero-order valence-corrected chi connectivity index (χ0v) is 11.5. The molecule has 0 aromatic carbocycles. The molecule has 1 aromatic rings. The van der Waals surface area contributed by atoms with Gasteiger partial charge in [0, 0.05) is 11.5 Å². The number of nitrogens with one attached hydrogen (secondary N) is 1. The molecule has 0 spiro atoms. The van der Waals surface area contributed by atoms with Gasteiger partial charge in [-0.15, -0.1) is 0 Å². The molecular formula is C14H23N3. The normalized spacial score (nSPS) is 11.0. The van der Waals surface area contributed by atoms with E-state index in [1.807, 2.05) is 0 Å². The third kappa shape index (κ3) is 3.05. The molecule has 0 radical (unpaired) electrons. The van der Waals surface area contributed by atoms with Crippen LogP contribution in [-0.4, -0.2) is 9.97 Å². The minimum absolute atomic E-state index is 0.337. The molecule has 3 heteroatoms. The number of hydrogen-bond acceptors (Lipinski definition) is 3. The number of nitrogens with zero attached hydrogens (tertiary/aromatic N) is 2. The van der Waals surface area contributed by atoms with Gasteiger partial charge in [0.05, 0.1) is 5.69 Å². The van der Waals surface area contributed by atoms with E-state index in [9.17, 15) is 0 Å². The first-order valence-corrected chi connectivity index (χ1v) is 6.29. The monoisotopic (exact) mass is 233 g/mol. The van der Waals surface area contributed by atoms with Gasteiger partial charge < -0.3 is 5.32 Å². The zero-order valence-electron chi connectivity index (χ0n) is 11.5. The molecule has 0 amide bonds. The molecular weight excluding hydrogens is 210 g/mol. The predicted octanol–water partition coefficient (Wildman–Crippen LogP) is 3.84. The Morgan fingerprint density at radius 3 is 2.24 bits per heavy atom. The SMILES string of the molecule is C=CNc1nc(C(C)C)nc(C(C)C)c1CC. The fourth-order valence-corrected chi connectivity index (χ4v) is 1.82. The van der Waals surface area contributed by atoms with Crippen LogP contribution >= 0.6 is 0 Å². The summed E-state index contributed by atoms with van der Waals surface area (Å²) in [7, 11) is 0. The molecule has 0 aliphatic heterocycles. The Morgan fingerprint density at radius 2 is 1.82 bits per heavy atom. The summed E-state index contributed by atoms with van der Waals surface area (Å²) >= 11 is 0. The van der Waals surface area contributed by atoms with Crippen molar-refractivity contribution in [3.05, 3.63) is 29.9 Å². The van der Waals surface area contributed by atoms with Crippen molar-refractivity contribution in [3.8, 4) is 0 Å². The van der Waals surface area contributed by atoms with Crippen LogP contribution in [0, 0.1) is 0 Å². The van der Waals surface area contributed by atoms with E-state index in [1.165, 1.54) is 5.56 Å². The lowest BCUT2D eigenvalue weighted by atomic mass is 10.0. The molecule has 1 rings (SSSR count). The van der Waals surface area contributed by atoms with Crippen LogP contribution in [0.1, 0.15) is 63.5 Å². The Balaban J connectivity index is 3.39. The lowest BCUT2D eigenvalue weighted by molar-refractivity contribution is 0.718. The Hall–Kier alpha value is -1.38. The lowest BCUT2D eigenvalue weighted by Crippen LogP contribution is -2.11. The van der Waals surface area contributed by atoms with Crippen molar-refractivity contribution in [2.24, 2.45) is 0 Å². The van der Waals surface area contributed by atoms with Gasteiger partial charge in [-0.05, 0) is 18.5 Å². The lowest BCUT2D eigenvalue weighted by Gasteiger charge is -2.17. The second-order valence-electron chi connectivity index (χ2n) is 4.81. The van der Waals surface area contributed by atoms with Crippen LogP contribution in [0.25, 0.3) is 0 Å². The van der Waals surface area contributed by atoms with Crippen LogP contribution in [0.4, 0.5) is 5.82 Å². The van der Waals surface area contributed by atoms with Crippen molar-refractivity contribution in [1.29, 1.82) is 0 Å². The molecule has 0 aliphatic rings. The molecule has 1 N–H and O–H groups in total. The molecule has 3 nitrogen and oxygen atoms in total. The van der Waals surface area contributed by atoms with Gasteiger partial charge in [-0.2, -0.15) is 0 Å². The topological polar surface area (TPSA) is 37.8 Å². The van der Waals surface area contributed by atoms with Crippen molar-refractivity contribution in [1.82, 2.24) is 9.97 Å². The van der Waals surface area contributed by atoms with Crippen LogP contribution in [0.15, 0.2) is 12.8 Å². The maximum absolute atomic E-state index is 4.70. The van der Waals surface area contributed by atoms with E-state index >= 15 is 0 Å². The third-order valence-electron chi connectivity index (χ3n) is 2.71. The molecule has 0 aliphatic carbocycles. The summed E-state index contributed by atoms with van der Waals surface area (Å²) in [6.45, 7) is 14.4. The first-order chi connectivity index (χ1) is 8.01. The van der Waals surface area contributed by atoms with Crippen molar-refractivity contribution >= 4 is 5.82 Å². The number of rotatable bonds is 5. The Labute approximate surface area is 104 Å². The van der Waals surface area contributed by atoms with E-state index in [0.29, 0.717) is 11.8 Å². The minimum atomic E-state index is 0.337. The summed E-state index contributed by atoms with van der Waals surface area (Å²) in [4.78, 5) is 9.28. The quantitative estimate of drug-likeness (QED) is 0.839. The highest BCUT2D eigenvalue weighted by Gasteiger charge is 2.16. The summed E-state index contributed by atoms with van der Waals surface area (Å²) in [6.07, 6.45) is 2.61. The average molecular weight is 233 g/mol. The largest absolute Gasteiger partial charge is 0.347 e. The van der Waals surface area contributed by atoms with Gasteiger partial charge in [-0.3, -0.25) is 0 Å². The smallest absolute Gasteiger partial charge is 0.137 e. The summed E-state index contributed by atoms with van der Waals surface area (Å²) in [5, 5.41) is 3.13. The second kappa shape index (κ2) is 5.80. The first-order valence-electron chi connectivity index (χ1n) is 6.29. The van der Waals surface area contributed by atoms with Crippen LogP contribution in [0.3, 0.4) is 0 Å². The summed E-state index contributed by atoms with van der Waals surface area (Å²) in [5.74, 6) is 2.56. The van der Waals surface area contributed by atoms with Gasteiger partial charge >= 0.3 is 0 Å². The van der Waals surface area contributed by atoms with Crippen LogP contribution < -0.4 is 5.32 Å². The summed E-state index contributed by atoms with van der Waals surface area (Å²) in [6, 6.07) is 0. The maximum atomic E-state index is 4.70. The predicted molar refractivity (Wildman–Crippen MR) is 73.4 cm³/mol. The first kappa shape index (κ1) is 13.7. The Morgan fingerprint density at radius 1 is 1.18 bits per heavy atom.